The summed E-state index contributed by atoms with van der Waals surface area (Å²) in [5.41, 5.74) is 3.57. The smallest absolute Gasteiger partial charge is 0.407 e. The number of fused-ring (bicyclic) bond motifs is 4. The number of nitrogens with zero attached hydrogens (tertiary/aromatic N) is 7. The average molecular weight is 663 g/mol. The molecule has 13 heteroatoms. The first-order valence-electron chi connectivity index (χ1n) is 16.0. The number of anilines is 1. The van der Waals surface area contributed by atoms with Crippen molar-refractivity contribution >= 4 is 53.7 Å². The first kappa shape index (κ1) is 32.3. The molecule has 6 rings (SSSR count). The van der Waals surface area contributed by atoms with Crippen LogP contribution in [0.5, 0.6) is 0 Å². The van der Waals surface area contributed by atoms with Gasteiger partial charge in [0.2, 0.25) is 0 Å². The summed E-state index contributed by atoms with van der Waals surface area (Å²) in [5.74, 6) is 0.823. The maximum atomic E-state index is 12.5. The van der Waals surface area contributed by atoms with Crippen LogP contribution < -0.4 is 10.2 Å². The Morgan fingerprint density at radius 3 is 2.54 bits per heavy atom. The highest BCUT2D eigenvalue weighted by atomic mass is 35.5. The zero-order valence-corrected chi connectivity index (χ0v) is 29.5. The number of aryl methyl sites for hydroxylation is 1. The largest absolute Gasteiger partial charge is 0.444 e. The molecule has 4 aromatic rings. The first-order chi connectivity index (χ1) is 21.7. The Morgan fingerprint density at radius 2 is 1.89 bits per heavy atom. The van der Waals surface area contributed by atoms with Crippen LogP contribution in [-0.2, 0) is 23.3 Å². The number of hydrogen-bond acceptors (Lipinski definition) is 8. The number of alkyl carbamates (subject to hydrolysis) is 1. The highest BCUT2D eigenvalue weighted by Crippen LogP contribution is 2.42. The molecule has 2 aliphatic heterocycles. The van der Waals surface area contributed by atoms with Crippen LogP contribution in [0, 0.1) is 11.3 Å². The van der Waals surface area contributed by atoms with Gasteiger partial charge in [-0.2, -0.15) is 10.4 Å². The molecule has 1 N–H and O–H groups in total. The number of benzene rings is 1. The Balaban J connectivity index is 1.33. The predicted molar refractivity (Wildman–Crippen MR) is 183 cm³/mol. The fourth-order valence-corrected chi connectivity index (χ4v) is 7.84. The molecule has 5 heterocycles. The predicted octanol–water partition coefficient (Wildman–Crippen LogP) is 6.85. The number of carbonyl (C=O) groups excluding carboxylic acids is 1. The summed E-state index contributed by atoms with van der Waals surface area (Å²) in [7, 11) is 0.485. The summed E-state index contributed by atoms with van der Waals surface area (Å²) in [6, 6.07) is 7.66. The highest BCUT2D eigenvalue weighted by Gasteiger charge is 2.42. The molecule has 2 bridgehead atoms. The van der Waals surface area contributed by atoms with Crippen LogP contribution in [0.3, 0.4) is 0 Å². The molecule has 244 valence electrons. The monoisotopic (exact) mass is 662 g/mol. The van der Waals surface area contributed by atoms with E-state index in [9.17, 15) is 10.1 Å². The molecular formula is C33H43ClN8O3Si. The fraction of sp³-hybridized carbons (Fsp3) is 0.545. The van der Waals surface area contributed by atoms with Crippen molar-refractivity contribution in [3.63, 3.8) is 0 Å². The van der Waals surface area contributed by atoms with Crippen LogP contribution >= 0.6 is 11.6 Å². The summed E-state index contributed by atoms with van der Waals surface area (Å²) in [5, 5.41) is 18.5. The number of ether oxygens (including phenoxy) is 2. The van der Waals surface area contributed by atoms with Gasteiger partial charge in [-0.15, -0.1) is 0 Å². The van der Waals surface area contributed by atoms with Gasteiger partial charge in [-0.3, -0.25) is 4.68 Å². The molecule has 1 amide bonds. The Bertz CT molecular complexity index is 1820. The molecule has 1 unspecified atom stereocenters. The van der Waals surface area contributed by atoms with Crippen molar-refractivity contribution in [1.82, 2.24) is 29.6 Å². The Labute approximate surface area is 275 Å². The Hall–Kier alpha value is -3.66. The SMILES string of the molecule is Cn1nc2ccc(-c3cn(COCC[Si](C)(C)C)c4nc(N5[C@@H]6CC[C@H]5CC(NC(=O)OC(C)(C)C)C6)cnc34)c(Cl)c2c1C#N. The van der Waals surface area contributed by atoms with E-state index in [2.05, 4.69) is 41.0 Å². The van der Waals surface area contributed by atoms with Crippen molar-refractivity contribution in [1.29, 1.82) is 5.26 Å². The van der Waals surface area contributed by atoms with Crippen molar-refractivity contribution in [2.75, 3.05) is 11.5 Å². The minimum atomic E-state index is -1.26. The molecule has 11 nitrogen and oxygen atoms in total. The second-order valence-electron chi connectivity index (χ2n) is 14.8. The number of aromatic nitrogens is 5. The van der Waals surface area contributed by atoms with E-state index in [-0.39, 0.29) is 24.2 Å². The first-order valence-corrected chi connectivity index (χ1v) is 20.1. The number of carbonyl (C=O) groups is 1. The number of hydrogen-bond donors (Lipinski definition) is 1. The van der Waals surface area contributed by atoms with Gasteiger partial charge >= 0.3 is 6.09 Å². The molecule has 0 radical (unpaired) electrons. The summed E-state index contributed by atoms with van der Waals surface area (Å²) >= 11 is 7.01. The summed E-state index contributed by atoms with van der Waals surface area (Å²) in [4.78, 5) is 25.1. The van der Waals surface area contributed by atoms with E-state index < -0.39 is 13.7 Å². The van der Waals surface area contributed by atoms with Gasteiger partial charge < -0.3 is 24.3 Å². The lowest BCUT2D eigenvalue weighted by atomic mass is 9.97. The van der Waals surface area contributed by atoms with Gasteiger partial charge in [-0.05, 0) is 58.6 Å². The summed E-state index contributed by atoms with van der Waals surface area (Å²) in [6.07, 6.45) is 7.20. The summed E-state index contributed by atoms with van der Waals surface area (Å²) < 4.78 is 15.3. The molecular weight excluding hydrogens is 620 g/mol. The van der Waals surface area contributed by atoms with E-state index in [1.54, 1.807) is 11.7 Å². The topological polar surface area (TPSA) is 123 Å². The lowest BCUT2D eigenvalue weighted by Gasteiger charge is -2.39. The van der Waals surface area contributed by atoms with Crippen LogP contribution in [-0.4, -0.2) is 68.8 Å². The third-order valence-electron chi connectivity index (χ3n) is 8.83. The van der Waals surface area contributed by atoms with E-state index in [1.807, 2.05) is 49.9 Å². The molecule has 0 saturated carbocycles. The van der Waals surface area contributed by atoms with Gasteiger partial charge in [0.05, 0.1) is 22.1 Å². The van der Waals surface area contributed by atoms with Gasteiger partial charge in [0.15, 0.2) is 5.65 Å². The zero-order valence-electron chi connectivity index (χ0n) is 27.7. The molecule has 2 fully saturated rings. The van der Waals surface area contributed by atoms with Crippen LogP contribution in [0.4, 0.5) is 10.6 Å². The van der Waals surface area contributed by atoms with Gasteiger partial charge in [-0.1, -0.05) is 37.3 Å². The van der Waals surface area contributed by atoms with Crippen LogP contribution in [0.25, 0.3) is 33.2 Å². The maximum absolute atomic E-state index is 12.5. The van der Waals surface area contributed by atoms with Crippen LogP contribution in [0.1, 0.15) is 52.1 Å². The highest BCUT2D eigenvalue weighted by molar-refractivity contribution is 6.76. The maximum Gasteiger partial charge on any atom is 0.407 e. The van der Waals surface area contributed by atoms with E-state index in [0.29, 0.717) is 35.0 Å². The van der Waals surface area contributed by atoms with Gasteiger partial charge in [-0.25, -0.2) is 14.8 Å². The van der Waals surface area contributed by atoms with E-state index in [4.69, 9.17) is 31.0 Å². The second kappa shape index (κ2) is 12.2. The van der Waals surface area contributed by atoms with Gasteiger partial charge in [0.1, 0.15) is 35.4 Å². The quantitative estimate of drug-likeness (QED) is 0.161. The zero-order chi connectivity index (χ0) is 33.0. The van der Waals surface area contributed by atoms with Crippen molar-refractivity contribution < 1.29 is 14.3 Å². The van der Waals surface area contributed by atoms with Crippen LogP contribution in [0.2, 0.25) is 30.7 Å². The lowest BCUT2D eigenvalue weighted by molar-refractivity contribution is 0.0492. The van der Waals surface area contributed by atoms with Crippen molar-refractivity contribution in [3.05, 3.63) is 35.2 Å². The molecule has 2 saturated heterocycles. The minimum absolute atomic E-state index is 0.0540. The van der Waals surface area contributed by atoms with Crippen molar-refractivity contribution in [2.24, 2.45) is 7.05 Å². The van der Waals surface area contributed by atoms with E-state index in [1.165, 1.54) is 0 Å². The summed E-state index contributed by atoms with van der Waals surface area (Å²) in [6.45, 7) is 13.7. The molecule has 46 heavy (non-hydrogen) atoms. The molecule has 3 atom stereocenters. The Morgan fingerprint density at radius 1 is 1.17 bits per heavy atom. The molecule has 0 aliphatic carbocycles. The third-order valence-corrected chi connectivity index (χ3v) is 10.9. The third kappa shape index (κ3) is 6.45. The van der Waals surface area contributed by atoms with Crippen molar-refractivity contribution in [3.8, 4) is 17.2 Å². The number of nitriles is 1. The number of piperidine rings is 1. The Kier molecular flexibility index (Phi) is 8.54. The van der Waals surface area contributed by atoms with Crippen molar-refractivity contribution in [2.45, 2.75) is 103 Å². The molecule has 0 spiro atoms. The van der Waals surface area contributed by atoms with Gasteiger partial charge in [0, 0.05) is 57.2 Å². The van der Waals surface area contributed by atoms with Crippen LogP contribution in [0.15, 0.2) is 24.5 Å². The minimum Gasteiger partial charge on any atom is -0.444 e. The molecule has 1 aromatic carbocycles. The van der Waals surface area contributed by atoms with Gasteiger partial charge in [0.25, 0.3) is 0 Å². The number of rotatable bonds is 8. The number of amides is 1. The standard InChI is InChI=1S/C33H43ClN8O3Si/c1-33(2,3)45-32(43)37-20-14-21-8-9-22(15-20)42(21)27-17-36-30-24(18-41(31(30)38-27)19-44-12-13-46(5,6)7)23-10-11-25-28(29(23)34)26(16-35)40(4)39-25/h10-11,17-18,20-22H,8-9,12-15,19H2,1-7H3,(H,37,43)/t20?,21-,22+. The average Bonchev–Trinajstić information content (AvgIpc) is 3.57. The normalized spacial score (nSPS) is 20.0. The number of nitrogens with one attached hydrogen (secondary N) is 1. The molecule has 2 aliphatic rings. The second-order valence-corrected chi connectivity index (χ2v) is 20.8. The van der Waals surface area contributed by atoms with E-state index >= 15 is 0 Å². The fourth-order valence-electron chi connectivity index (χ4n) is 6.73. The van der Waals surface area contributed by atoms with E-state index in [0.717, 1.165) is 59.8 Å². The lowest BCUT2D eigenvalue weighted by Crippen LogP contribution is -2.51. The molecule has 3 aromatic heterocycles. The number of halogens is 1.